The number of aromatic nitrogens is 1. The second kappa shape index (κ2) is 5.85. The zero-order valence-electron chi connectivity index (χ0n) is 10.8. The Morgan fingerprint density at radius 2 is 2.06 bits per heavy atom. The Morgan fingerprint density at radius 3 is 2.69 bits per heavy atom. The van der Waals surface area contributed by atoms with Gasteiger partial charge in [0.2, 0.25) is 0 Å². The molecule has 0 radical (unpaired) electrons. The molecule has 1 rings (SSSR count). The van der Waals surface area contributed by atoms with Crippen LogP contribution in [0.5, 0.6) is 0 Å². The average Bonchev–Trinajstić information content (AvgIpc) is 2.16. The van der Waals surface area contributed by atoms with Gasteiger partial charge in [0.25, 0.3) is 0 Å². The lowest BCUT2D eigenvalue weighted by Crippen LogP contribution is -2.26. The highest BCUT2D eigenvalue weighted by atomic mass is 15.0. The normalized spacial score (nSPS) is 11.5. The van der Waals surface area contributed by atoms with Gasteiger partial charge in [-0.2, -0.15) is 0 Å². The van der Waals surface area contributed by atoms with Gasteiger partial charge in [-0.3, -0.25) is 0 Å². The van der Waals surface area contributed by atoms with E-state index in [2.05, 4.69) is 55.4 Å². The minimum absolute atomic E-state index is 0.0580. The first-order valence-electron chi connectivity index (χ1n) is 5.95. The SMILES string of the molecule is CCCNCc1ccnc(NC(C)(C)C)c1. The summed E-state index contributed by atoms with van der Waals surface area (Å²) in [5.41, 5.74) is 1.33. The standard InChI is InChI=1S/C13H23N3/c1-5-7-14-10-11-6-8-15-12(9-11)16-13(2,3)4/h6,8-9,14H,5,7,10H2,1-4H3,(H,15,16). The van der Waals surface area contributed by atoms with Gasteiger partial charge in [0.1, 0.15) is 5.82 Å². The Morgan fingerprint density at radius 1 is 1.31 bits per heavy atom. The van der Waals surface area contributed by atoms with Gasteiger partial charge >= 0.3 is 0 Å². The number of anilines is 1. The second-order valence-corrected chi connectivity index (χ2v) is 5.10. The highest BCUT2D eigenvalue weighted by Gasteiger charge is 2.09. The summed E-state index contributed by atoms with van der Waals surface area (Å²) in [5, 5.41) is 6.76. The molecule has 0 unspecified atom stereocenters. The number of nitrogens with one attached hydrogen (secondary N) is 2. The third-order valence-corrected chi connectivity index (χ3v) is 2.08. The molecule has 0 saturated heterocycles. The summed E-state index contributed by atoms with van der Waals surface area (Å²) in [7, 11) is 0. The molecule has 3 heteroatoms. The van der Waals surface area contributed by atoms with Crippen LogP contribution in [-0.4, -0.2) is 17.1 Å². The molecule has 0 amide bonds. The molecule has 1 heterocycles. The molecule has 90 valence electrons. The first kappa shape index (κ1) is 13.0. The van der Waals surface area contributed by atoms with Gasteiger partial charge in [0, 0.05) is 18.3 Å². The van der Waals surface area contributed by atoms with Crippen molar-refractivity contribution < 1.29 is 0 Å². The van der Waals surface area contributed by atoms with E-state index >= 15 is 0 Å². The van der Waals surface area contributed by atoms with Gasteiger partial charge in [-0.1, -0.05) is 6.92 Å². The third-order valence-electron chi connectivity index (χ3n) is 2.08. The van der Waals surface area contributed by atoms with Crippen molar-refractivity contribution >= 4 is 5.82 Å². The number of rotatable bonds is 5. The monoisotopic (exact) mass is 221 g/mol. The number of hydrogen-bond donors (Lipinski definition) is 2. The first-order valence-corrected chi connectivity index (χ1v) is 5.95. The van der Waals surface area contributed by atoms with Crippen molar-refractivity contribution in [2.24, 2.45) is 0 Å². The van der Waals surface area contributed by atoms with Gasteiger partial charge in [0.05, 0.1) is 0 Å². The number of nitrogens with zero attached hydrogens (tertiary/aromatic N) is 1. The molecule has 0 saturated carbocycles. The molecule has 2 N–H and O–H groups in total. The Hall–Kier alpha value is -1.09. The van der Waals surface area contributed by atoms with Crippen LogP contribution in [0, 0.1) is 0 Å². The smallest absolute Gasteiger partial charge is 0.126 e. The van der Waals surface area contributed by atoms with Crippen LogP contribution in [0.4, 0.5) is 5.82 Å². The van der Waals surface area contributed by atoms with Crippen LogP contribution < -0.4 is 10.6 Å². The van der Waals surface area contributed by atoms with Crippen LogP contribution in [-0.2, 0) is 6.54 Å². The van der Waals surface area contributed by atoms with E-state index < -0.39 is 0 Å². The van der Waals surface area contributed by atoms with Crippen LogP contribution in [0.15, 0.2) is 18.3 Å². The van der Waals surface area contributed by atoms with E-state index in [1.165, 1.54) is 5.56 Å². The Labute approximate surface area is 98.7 Å². The van der Waals surface area contributed by atoms with Gasteiger partial charge in [-0.15, -0.1) is 0 Å². The third kappa shape index (κ3) is 5.12. The van der Waals surface area contributed by atoms with Crippen LogP contribution in [0.2, 0.25) is 0 Å². The van der Waals surface area contributed by atoms with E-state index in [-0.39, 0.29) is 5.54 Å². The van der Waals surface area contributed by atoms with E-state index in [0.29, 0.717) is 0 Å². The fourth-order valence-electron chi connectivity index (χ4n) is 1.45. The van der Waals surface area contributed by atoms with Crippen molar-refractivity contribution in [1.29, 1.82) is 0 Å². The summed E-state index contributed by atoms with van der Waals surface area (Å²) in [6.45, 7) is 10.6. The molecule has 3 nitrogen and oxygen atoms in total. The maximum absolute atomic E-state index is 4.31. The molecule has 0 aromatic carbocycles. The van der Waals surface area contributed by atoms with Gasteiger partial charge in [-0.05, 0) is 51.4 Å². The molecule has 0 atom stereocenters. The fraction of sp³-hybridized carbons (Fsp3) is 0.615. The molecule has 0 spiro atoms. The Bertz CT molecular complexity index is 315. The highest BCUT2D eigenvalue weighted by Crippen LogP contribution is 2.13. The highest BCUT2D eigenvalue weighted by molar-refractivity contribution is 5.39. The number of hydrogen-bond acceptors (Lipinski definition) is 3. The second-order valence-electron chi connectivity index (χ2n) is 5.10. The fourth-order valence-corrected chi connectivity index (χ4v) is 1.45. The minimum Gasteiger partial charge on any atom is -0.365 e. The van der Waals surface area contributed by atoms with E-state index in [9.17, 15) is 0 Å². The predicted molar refractivity (Wildman–Crippen MR) is 69.6 cm³/mol. The molecule has 16 heavy (non-hydrogen) atoms. The first-order chi connectivity index (χ1) is 7.51. The topological polar surface area (TPSA) is 37.0 Å². The summed E-state index contributed by atoms with van der Waals surface area (Å²) >= 11 is 0. The lowest BCUT2D eigenvalue weighted by Gasteiger charge is -2.21. The molecule has 0 fully saturated rings. The maximum atomic E-state index is 4.31. The van der Waals surface area contributed by atoms with E-state index in [1.54, 1.807) is 0 Å². The van der Waals surface area contributed by atoms with Gasteiger partial charge in [-0.25, -0.2) is 4.98 Å². The molecular weight excluding hydrogens is 198 g/mol. The van der Waals surface area contributed by atoms with E-state index in [4.69, 9.17) is 0 Å². The van der Waals surface area contributed by atoms with E-state index in [1.807, 2.05) is 6.20 Å². The van der Waals surface area contributed by atoms with Gasteiger partial charge < -0.3 is 10.6 Å². The molecule has 0 aliphatic rings. The molecule has 1 aromatic heterocycles. The molecular formula is C13H23N3. The quantitative estimate of drug-likeness (QED) is 0.751. The van der Waals surface area contributed by atoms with Crippen molar-refractivity contribution in [1.82, 2.24) is 10.3 Å². The minimum atomic E-state index is 0.0580. The van der Waals surface area contributed by atoms with Gasteiger partial charge in [0.15, 0.2) is 0 Å². The van der Waals surface area contributed by atoms with Crippen molar-refractivity contribution in [2.75, 3.05) is 11.9 Å². The van der Waals surface area contributed by atoms with Crippen molar-refractivity contribution in [2.45, 2.75) is 46.2 Å². The Balaban J connectivity index is 2.57. The maximum Gasteiger partial charge on any atom is 0.126 e. The molecule has 0 aliphatic carbocycles. The summed E-state index contributed by atoms with van der Waals surface area (Å²) in [6.07, 6.45) is 3.02. The summed E-state index contributed by atoms with van der Waals surface area (Å²) in [5.74, 6) is 0.947. The van der Waals surface area contributed by atoms with Crippen LogP contribution in [0.25, 0.3) is 0 Å². The summed E-state index contributed by atoms with van der Waals surface area (Å²) < 4.78 is 0. The largest absolute Gasteiger partial charge is 0.365 e. The summed E-state index contributed by atoms with van der Waals surface area (Å²) in [4.78, 5) is 4.31. The zero-order valence-corrected chi connectivity index (χ0v) is 10.8. The lowest BCUT2D eigenvalue weighted by atomic mass is 10.1. The van der Waals surface area contributed by atoms with Crippen LogP contribution in [0.1, 0.15) is 39.7 Å². The zero-order chi connectivity index (χ0) is 12.0. The van der Waals surface area contributed by atoms with Crippen LogP contribution in [0.3, 0.4) is 0 Å². The summed E-state index contributed by atoms with van der Waals surface area (Å²) in [6, 6.07) is 4.16. The molecule has 0 aliphatic heterocycles. The molecule has 0 bridgehead atoms. The Kier molecular flexibility index (Phi) is 4.74. The van der Waals surface area contributed by atoms with Crippen LogP contribution >= 0.6 is 0 Å². The lowest BCUT2D eigenvalue weighted by molar-refractivity contribution is 0.629. The van der Waals surface area contributed by atoms with Crippen molar-refractivity contribution in [3.8, 4) is 0 Å². The average molecular weight is 221 g/mol. The predicted octanol–water partition coefficient (Wildman–Crippen LogP) is 2.79. The number of pyridine rings is 1. The molecule has 1 aromatic rings. The van der Waals surface area contributed by atoms with Crippen molar-refractivity contribution in [3.05, 3.63) is 23.9 Å². The van der Waals surface area contributed by atoms with E-state index in [0.717, 1.165) is 25.3 Å². The van der Waals surface area contributed by atoms with Crippen molar-refractivity contribution in [3.63, 3.8) is 0 Å².